The Morgan fingerprint density at radius 1 is 1.30 bits per heavy atom. The molecule has 0 amide bonds. The van der Waals surface area contributed by atoms with E-state index in [-0.39, 0.29) is 0 Å². The van der Waals surface area contributed by atoms with E-state index in [1.54, 1.807) is 49.6 Å². The number of methoxy groups -OCH3 is 1. The van der Waals surface area contributed by atoms with E-state index in [9.17, 15) is 9.90 Å². The highest BCUT2D eigenvalue weighted by Crippen LogP contribution is 2.31. The van der Waals surface area contributed by atoms with Gasteiger partial charge < -0.3 is 20.0 Å². The van der Waals surface area contributed by atoms with Gasteiger partial charge in [-0.2, -0.15) is 5.26 Å². The number of carbonyl (C=O) groups excluding carboxylic acids is 1. The summed E-state index contributed by atoms with van der Waals surface area (Å²) in [5, 5.41) is 23.2. The Labute approximate surface area is 138 Å². The minimum absolute atomic E-state index is 0.509. The van der Waals surface area contributed by atoms with Crippen LogP contribution < -0.4 is 15.2 Å². The third-order valence-corrected chi connectivity index (χ3v) is 4.06. The molecule has 0 heterocycles. The van der Waals surface area contributed by atoms with Crippen LogP contribution in [-0.4, -0.2) is 19.3 Å². The Kier molecular flexibility index (Phi) is 5.50. The van der Waals surface area contributed by atoms with Crippen molar-refractivity contribution >= 4 is 23.4 Å². The van der Waals surface area contributed by atoms with Crippen LogP contribution in [0.5, 0.6) is 5.75 Å². The highest BCUT2D eigenvalue weighted by molar-refractivity contribution is 7.98. The minimum atomic E-state index is -1.23. The average molecular weight is 327 g/mol. The molecular weight excluding hydrogens is 312 g/mol. The maximum absolute atomic E-state index is 11.5. The van der Waals surface area contributed by atoms with Crippen molar-refractivity contribution < 1.29 is 14.6 Å². The molecule has 1 N–H and O–H groups in total. The monoisotopic (exact) mass is 327 g/mol. The molecule has 118 valence electrons. The Morgan fingerprint density at radius 2 is 2.00 bits per heavy atom. The number of thioether (sulfide) groups is 1. The van der Waals surface area contributed by atoms with Crippen molar-refractivity contribution in [1.29, 1.82) is 5.26 Å². The molecule has 1 atom stereocenters. The molecule has 0 saturated heterocycles. The number of anilines is 1. The molecule has 23 heavy (non-hydrogen) atoms. The Balaban J connectivity index is 2.31. The SMILES string of the molecule is COc1ccc(C(Nc2ccc(C#N)cc2)C(=O)[O-])cc1SC. The van der Waals surface area contributed by atoms with Gasteiger partial charge in [-0.05, 0) is 48.2 Å². The van der Waals surface area contributed by atoms with Crippen LogP contribution in [0.4, 0.5) is 5.69 Å². The molecule has 0 aliphatic rings. The number of ether oxygens (including phenoxy) is 1. The summed E-state index contributed by atoms with van der Waals surface area (Å²) in [4.78, 5) is 12.4. The number of carboxylic acid groups (broad SMARTS) is 1. The van der Waals surface area contributed by atoms with Crippen LogP contribution in [0.2, 0.25) is 0 Å². The summed E-state index contributed by atoms with van der Waals surface area (Å²) in [7, 11) is 1.57. The number of aliphatic carboxylic acids is 1. The molecule has 2 aromatic carbocycles. The van der Waals surface area contributed by atoms with Crippen molar-refractivity contribution in [1.82, 2.24) is 0 Å². The summed E-state index contributed by atoms with van der Waals surface area (Å²) in [6, 6.07) is 12.8. The number of rotatable bonds is 6. The molecule has 5 nitrogen and oxygen atoms in total. The lowest BCUT2D eigenvalue weighted by atomic mass is 10.1. The molecule has 0 bridgehead atoms. The fourth-order valence-electron chi connectivity index (χ4n) is 2.12. The van der Waals surface area contributed by atoms with E-state index in [0.717, 1.165) is 4.90 Å². The van der Waals surface area contributed by atoms with Crippen molar-refractivity contribution in [3.05, 3.63) is 53.6 Å². The Bertz CT molecular complexity index is 738. The fourth-order valence-corrected chi connectivity index (χ4v) is 2.72. The second-order valence-electron chi connectivity index (χ2n) is 4.70. The van der Waals surface area contributed by atoms with Gasteiger partial charge in [0.05, 0.1) is 30.8 Å². The number of hydrogen-bond donors (Lipinski definition) is 1. The van der Waals surface area contributed by atoms with E-state index in [1.165, 1.54) is 11.8 Å². The van der Waals surface area contributed by atoms with Gasteiger partial charge in [-0.1, -0.05) is 6.07 Å². The highest BCUT2D eigenvalue weighted by Gasteiger charge is 2.15. The molecule has 0 aromatic heterocycles. The molecule has 0 saturated carbocycles. The molecule has 2 rings (SSSR count). The van der Waals surface area contributed by atoms with Gasteiger partial charge in [0.15, 0.2) is 0 Å². The van der Waals surface area contributed by atoms with Crippen LogP contribution in [0.3, 0.4) is 0 Å². The zero-order valence-corrected chi connectivity index (χ0v) is 13.5. The van der Waals surface area contributed by atoms with Crippen molar-refractivity contribution in [2.24, 2.45) is 0 Å². The second-order valence-corrected chi connectivity index (χ2v) is 5.55. The van der Waals surface area contributed by atoms with E-state index >= 15 is 0 Å². The largest absolute Gasteiger partial charge is 0.548 e. The number of nitrogens with zero attached hydrogens (tertiary/aromatic N) is 1. The standard InChI is InChI=1S/C17H16N2O3S/c1-22-14-8-5-12(9-15(14)23-2)16(17(20)21)19-13-6-3-11(10-18)4-7-13/h3-9,16,19H,1-2H3,(H,20,21)/p-1. The molecule has 0 fully saturated rings. The van der Waals surface area contributed by atoms with Gasteiger partial charge in [0.1, 0.15) is 5.75 Å². The Hall–Kier alpha value is -2.65. The number of benzene rings is 2. The van der Waals surface area contributed by atoms with E-state index in [1.807, 2.05) is 12.3 Å². The van der Waals surface area contributed by atoms with Crippen LogP contribution in [0, 0.1) is 11.3 Å². The van der Waals surface area contributed by atoms with Gasteiger partial charge in [-0.15, -0.1) is 11.8 Å². The van der Waals surface area contributed by atoms with E-state index in [2.05, 4.69) is 5.32 Å². The summed E-state index contributed by atoms with van der Waals surface area (Å²) in [6.45, 7) is 0. The van der Waals surface area contributed by atoms with Crippen LogP contribution in [-0.2, 0) is 4.79 Å². The van der Waals surface area contributed by atoms with Crippen LogP contribution in [0.25, 0.3) is 0 Å². The maximum Gasteiger partial charge on any atom is 0.132 e. The third-order valence-electron chi connectivity index (χ3n) is 3.30. The highest BCUT2D eigenvalue weighted by atomic mass is 32.2. The number of hydrogen-bond acceptors (Lipinski definition) is 6. The smallest absolute Gasteiger partial charge is 0.132 e. The first kappa shape index (κ1) is 16.7. The molecule has 6 heteroatoms. The Morgan fingerprint density at radius 3 is 2.52 bits per heavy atom. The van der Waals surface area contributed by atoms with Gasteiger partial charge in [-0.25, -0.2) is 0 Å². The zero-order valence-electron chi connectivity index (χ0n) is 12.7. The van der Waals surface area contributed by atoms with Gasteiger partial charge >= 0.3 is 0 Å². The van der Waals surface area contributed by atoms with Crippen molar-refractivity contribution in [3.63, 3.8) is 0 Å². The second kappa shape index (κ2) is 7.56. The maximum atomic E-state index is 11.5. The number of carbonyl (C=O) groups is 1. The first-order chi connectivity index (χ1) is 11.1. The number of nitriles is 1. The molecule has 0 radical (unpaired) electrons. The van der Waals surface area contributed by atoms with Crippen LogP contribution >= 0.6 is 11.8 Å². The first-order valence-electron chi connectivity index (χ1n) is 6.78. The molecular formula is C17H15N2O3S-. The zero-order chi connectivity index (χ0) is 16.8. The van der Waals surface area contributed by atoms with Gasteiger partial charge in [-0.3, -0.25) is 0 Å². The lowest BCUT2D eigenvalue weighted by Crippen LogP contribution is -2.34. The predicted octanol–water partition coefficient (Wildman–Crippen LogP) is 2.19. The summed E-state index contributed by atoms with van der Waals surface area (Å²) < 4.78 is 5.24. The molecule has 2 aromatic rings. The normalized spacial score (nSPS) is 11.3. The summed E-state index contributed by atoms with van der Waals surface area (Å²) >= 11 is 1.47. The predicted molar refractivity (Wildman–Crippen MR) is 87.3 cm³/mol. The van der Waals surface area contributed by atoms with Gasteiger partial charge in [0.25, 0.3) is 0 Å². The lowest BCUT2D eigenvalue weighted by Gasteiger charge is -2.22. The van der Waals surface area contributed by atoms with Gasteiger partial charge in [0.2, 0.25) is 0 Å². The van der Waals surface area contributed by atoms with Crippen molar-refractivity contribution in [3.8, 4) is 11.8 Å². The molecule has 1 unspecified atom stereocenters. The first-order valence-corrected chi connectivity index (χ1v) is 8.01. The number of nitrogens with one attached hydrogen (secondary N) is 1. The van der Waals surface area contributed by atoms with Crippen molar-refractivity contribution in [2.75, 3.05) is 18.7 Å². The molecule has 0 aliphatic carbocycles. The van der Waals surface area contributed by atoms with Crippen LogP contribution in [0.1, 0.15) is 17.2 Å². The van der Waals surface area contributed by atoms with Crippen molar-refractivity contribution in [2.45, 2.75) is 10.9 Å². The fraction of sp³-hybridized carbons (Fsp3) is 0.176. The third kappa shape index (κ3) is 3.96. The molecule has 0 spiro atoms. The van der Waals surface area contributed by atoms with E-state index in [0.29, 0.717) is 22.6 Å². The van der Waals surface area contributed by atoms with Crippen LogP contribution in [0.15, 0.2) is 47.4 Å². The minimum Gasteiger partial charge on any atom is -0.548 e. The van der Waals surface area contributed by atoms with Gasteiger partial charge in [0, 0.05) is 10.6 Å². The van der Waals surface area contributed by atoms with E-state index < -0.39 is 12.0 Å². The topological polar surface area (TPSA) is 85.2 Å². The molecule has 0 aliphatic heterocycles. The number of carboxylic acids is 1. The average Bonchev–Trinajstić information content (AvgIpc) is 2.59. The van der Waals surface area contributed by atoms with E-state index in [4.69, 9.17) is 10.00 Å². The quantitative estimate of drug-likeness (QED) is 0.819. The summed E-state index contributed by atoms with van der Waals surface area (Å²) in [6.07, 6.45) is 1.89. The summed E-state index contributed by atoms with van der Waals surface area (Å²) in [5.74, 6) is -0.539. The summed E-state index contributed by atoms with van der Waals surface area (Å²) in [5.41, 5.74) is 1.67. The lowest BCUT2D eigenvalue weighted by molar-refractivity contribution is -0.307.